The van der Waals surface area contributed by atoms with Gasteiger partial charge in [-0.15, -0.1) is 32.8 Å². The zero-order chi connectivity index (χ0) is 17.6. The molecule has 0 radical (unpaired) electrons. The largest absolute Gasteiger partial charge is 0.314 e. The van der Waals surface area contributed by atoms with Gasteiger partial charge in [-0.05, 0) is 20.8 Å². The summed E-state index contributed by atoms with van der Waals surface area (Å²) in [7, 11) is 0. The number of nitrogens with zero attached hydrogens (tertiary/aromatic N) is 3. The molecule has 0 aliphatic rings. The van der Waals surface area contributed by atoms with Gasteiger partial charge >= 0.3 is 0 Å². The lowest BCUT2D eigenvalue weighted by Crippen LogP contribution is -2.04. The van der Waals surface area contributed by atoms with Crippen LogP contribution in [0.2, 0.25) is 0 Å². The first-order chi connectivity index (χ1) is 10.9. The summed E-state index contributed by atoms with van der Waals surface area (Å²) in [6.07, 6.45) is 0.355. The highest BCUT2D eigenvalue weighted by Gasteiger charge is 2.20. The maximum Gasteiger partial charge on any atom is 0.294 e. The third-order valence-electron chi connectivity index (χ3n) is 2.84. The molecule has 9 heteroatoms. The molecule has 0 N–H and O–H groups in total. The number of thiazole rings is 2. The number of ketones is 1. The van der Waals surface area contributed by atoms with E-state index >= 15 is 0 Å². The summed E-state index contributed by atoms with van der Waals surface area (Å²) >= 11 is 2.58. The van der Waals surface area contributed by atoms with Crippen molar-refractivity contribution in [1.29, 1.82) is 0 Å². The number of rotatable bonds is 6. The average Bonchev–Trinajstić information content (AvgIpc) is 3.04. The molecule has 0 spiro atoms. The van der Waals surface area contributed by atoms with Crippen LogP contribution in [0.1, 0.15) is 49.8 Å². The highest BCUT2D eigenvalue weighted by molar-refractivity contribution is 7.17. The fourth-order valence-electron chi connectivity index (χ4n) is 1.63. The smallest absolute Gasteiger partial charge is 0.294 e. The molecule has 0 aliphatic heterocycles. The van der Waals surface area contributed by atoms with Crippen LogP contribution in [0.25, 0.3) is 0 Å². The fourth-order valence-corrected chi connectivity index (χ4v) is 3.54. The second-order valence-electron chi connectivity index (χ2n) is 4.32. The van der Waals surface area contributed by atoms with E-state index in [2.05, 4.69) is 14.8 Å². The molecule has 0 saturated heterocycles. The molecule has 0 aliphatic carbocycles. The van der Waals surface area contributed by atoms with E-state index in [9.17, 15) is 14.9 Å². The Morgan fingerprint density at radius 1 is 1.13 bits per heavy atom. The van der Waals surface area contributed by atoms with E-state index in [1.54, 1.807) is 6.92 Å². The molecule has 0 fully saturated rings. The summed E-state index contributed by atoms with van der Waals surface area (Å²) in [6, 6.07) is 0. The Hall–Kier alpha value is -1.87. The lowest BCUT2D eigenvalue weighted by molar-refractivity contribution is -0.757. The van der Waals surface area contributed by atoms with Crippen LogP contribution in [0.5, 0.6) is 0 Å². The van der Waals surface area contributed by atoms with E-state index in [0.717, 1.165) is 15.4 Å². The molecule has 2 aromatic heterocycles. The maximum atomic E-state index is 12.3. The zero-order valence-corrected chi connectivity index (χ0v) is 15.3. The first-order valence-corrected chi connectivity index (χ1v) is 8.74. The third-order valence-corrected chi connectivity index (χ3v) is 5.12. The van der Waals surface area contributed by atoms with E-state index in [0.29, 0.717) is 22.1 Å². The summed E-state index contributed by atoms with van der Waals surface area (Å²) in [5.41, 5.74) is 1.54. The van der Waals surface area contributed by atoms with Crippen molar-refractivity contribution in [3.05, 3.63) is 41.3 Å². The Kier molecular flexibility index (Phi) is 7.24. The van der Waals surface area contributed by atoms with Crippen molar-refractivity contribution < 1.29 is 14.7 Å². The molecule has 23 heavy (non-hydrogen) atoms. The van der Waals surface area contributed by atoms with Gasteiger partial charge in [-0.2, -0.15) is 0 Å². The van der Waals surface area contributed by atoms with Crippen molar-refractivity contribution in [3.63, 3.8) is 0 Å². The van der Waals surface area contributed by atoms with E-state index < -0.39 is 5.09 Å². The number of hydrogen-bond acceptors (Lipinski definition) is 8. The second kappa shape index (κ2) is 8.68. The summed E-state index contributed by atoms with van der Waals surface area (Å²) < 4.78 is 0. The van der Waals surface area contributed by atoms with Gasteiger partial charge in [-0.3, -0.25) is 4.79 Å². The van der Waals surface area contributed by atoms with Crippen molar-refractivity contribution >= 4 is 28.5 Å². The molecular formula is C14H19N3O4S2. The molecule has 0 saturated carbocycles. The van der Waals surface area contributed by atoms with Crippen molar-refractivity contribution in [2.45, 2.75) is 41.0 Å². The molecule has 126 valence electrons. The topological polar surface area (TPSA) is 95.2 Å². The Labute approximate surface area is 142 Å². The van der Waals surface area contributed by atoms with Crippen molar-refractivity contribution in [1.82, 2.24) is 9.97 Å². The Morgan fingerprint density at radius 3 is 2.22 bits per heavy atom. The molecule has 0 bridgehead atoms. The molecule has 0 unspecified atom stereocenters. The molecule has 2 aromatic rings. The van der Waals surface area contributed by atoms with Gasteiger partial charge < -0.3 is 4.84 Å². The normalized spacial score (nSPS) is 9.96. The molecule has 2 heterocycles. The summed E-state index contributed by atoms with van der Waals surface area (Å²) in [5.74, 6) is -0.203. The van der Waals surface area contributed by atoms with Crippen molar-refractivity contribution in [2.24, 2.45) is 0 Å². The minimum atomic E-state index is -0.830. The van der Waals surface area contributed by atoms with Gasteiger partial charge in [0.15, 0.2) is 10.0 Å². The first kappa shape index (κ1) is 19.2. The van der Waals surface area contributed by atoms with Gasteiger partial charge in [0, 0.05) is 16.2 Å². The predicted molar refractivity (Wildman–Crippen MR) is 89.9 cm³/mol. The van der Waals surface area contributed by atoms with E-state index in [-0.39, 0.29) is 12.4 Å². The summed E-state index contributed by atoms with van der Waals surface area (Å²) in [5, 5.41) is 10.1. The van der Waals surface area contributed by atoms with E-state index in [1.807, 2.05) is 27.7 Å². The van der Waals surface area contributed by atoms with Crippen LogP contribution >= 0.6 is 22.7 Å². The van der Waals surface area contributed by atoms with Gasteiger partial charge in [0.05, 0.1) is 11.4 Å². The molecule has 0 amide bonds. The predicted octanol–water partition coefficient (Wildman–Crippen LogP) is 3.53. The van der Waals surface area contributed by atoms with Crippen LogP contribution in [0.15, 0.2) is 0 Å². The quantitative estimate of drug-likeness (QED) is 0.446. The SMILES string of the molecule is CC.Cc1nc(C(=O)c2nc(C)c(CCO[N+](=O)[O-])s2)sc1C. The molecular weight excluding hydrogens is 338 g/mol. The van der Waals surface area contributed by atoms with E-state index in [1.165, 1.54) is 22.7 Å². The van der Waals surface area contributed by atoms with Crippen LogP contribution in [-0.2, 0) is 11.3 Å². The Balaban J connectivity index is 0.00000127. The zero-order valence-electron chi connectivity index (χ0n) is 13.7. The maximum absolute atomic E-state index is 12.3. The molecule has 0 aromatic carbocycles. The number of hydrogen-bond donors (Lipinski definition) is 0. The van der Waals surface area contributed by atoms with Crippen LogP contribution in [0, 0.1) is 30.9 Å². The third kappa shape index (κ3) is 5.07. The monoisotopic (exact) mass is 357 g/mol. The minimum absolute atomic E-state index is 0.0425. The number of carbonyl (C=O) groups excluding carboxylic acids is 1. The van der Waals surface area contributed by atoms with Crippen molar-refractivity contribution in [3.8, 4) is 0 Å². The first-order valence-electron chi connectivity index (χ1n) is 7.10. The Morgan fingerprint density at radius 2 is 1.70 bits per heavy atom. The van der Waals surface area contributed by atoms with Crippen LogP contribution in [-0.4, -0.2) is 27.4 Å². The Bertz CT molecular complexity index is 675. The minimum Gasteiger partial charge on any atom is -0.314 e. The van der Waals surface area contributed by atoms with Gasteiger partial charge in [-0.25, -0.2) is 9.97 Å². The van der Waals surface area contributed by atoms with E-state index in [4.69, 9.17) is 0 Å². The highest BCUT2D eigenvalue weighted by Crippen LogP contribution is 2.24. The van der Waals surface area contributed by atoms with Crippen molar-refractivity contribution in [2.75, 3.05) is 6.61 Å². The molecule has 2 rings (SSSR count). The summed E-state index contributed by atoms with van der Waals surface area (Å²) in [6.45, 7) is 9.50. The number of aryl methyl sites for hydroxylation is 3. The van der Waals surface area contributed by atoms with Gasteiger partial charge in [0.25, 0.3) is 5.09 Å². The average molecular weight is 357 g/mol. The lowest BCUT2D eigenvalue weighted by Gasteiger charge is -1.96. The number of carbonyl (C=O) groups is 1. The van der Waals surface area contributed by atoms with Gasteiger partial charge in [0.2, 0.25) is 5.78 Å². The van der Waals surface area contributed by atoms with Crippen LogP contribution in [0.4, 0.5) is 0 Å². The fraction of sp³-hybridized carbons (Fsp3) is 0.500. The lowest BCUT2D eigenvalue weighted by atomic mass is 10.3. The van der Waals surface area contributed by atoms with Crippen LogP contribution < -0.4 is 0 Å². The number of aromatic nitrogens is 2. The molecule has 7 nitrogen and oxygen atoms in total. The van der Waals surface area contributed by atoms with Crippen LogP contribution in [0.3, 0.4) is 0 Å². The highest BCUT2D eigenvalue weighted by atomic mass is 32.1. The molecule has 0 atom stereocenters. The van der Waals surface area contributed by atoms with Gasteiger partial charge in [0.1, 0.15) is 6.61 Å². The summed E-state index contributed by atoms with van der Waals surface area (Å²) in [4.78, 5) is 37.0. The standard InChI is InChI=1S/C12H13N3O4S2.C2H6/c1-6-8(3)20-11(13-6)10(16)12-14-7(2)9(21-12)4-5-19-15(17)18;1-2/h4-5H2,1-3H3;1-2H3. The second-order valence-corrected chi connectivity index (χ2v) is 6.61. The van der Waals surface area contributed by atoms with Gasteiger partial charge in [-0.1, -0.05) is 13.8 Å².